The molecule has 5 nitrogen and oxygen atoms in total. The van der Waals surface area contributed by atoms with Gasteiger partial charge in [0.05, 0.1) is 17.1 Å². The summed E-state index contributed by atoms with van der Waals surface area (Å²) in [5.41, 5.74) is 4.44. The average molecular weight is 418 g/mol. The standard InChI is InChI=1S/C23H31NO4S/c1-3-5-10-18-16-19(11-6-4-2)23-21(17-18)24(14-9-15-29(25,26)27)20-12-7-8-13-22(20)28-23/h7-8,12-13,16-17H,3-6,9-11,14-15H2,1-2H3,(H,25,26,27). The fraction of sp³-hybridized carbons (Fsp3) is 0.478. The maximum atomic E-state index is 11.2. The molecule has 1 N–H and O–H groups in total. The van der Waals surface area contributed by atoms with Crippen LogP contribution in [-0.2, 0) is 23.0 Å². The van der Waals surface area contributed by atoms with Crippen LogP contribution in [0.3, 0.4) is 0 Å². The van der Waals surface area contributed by atoms with E-state index in [4.69, 9.17) is 9.29 Å². The summed E-state index contributed by atoms with van der Waals surface area (Å²) in [5, 5.41) is 0. The van der Waals surface area contributed by atoms with Crippen molar-refractivity contribution < 1.29 is 17.7 Å². The van der Waals surface area contributed by atoms with E-state index in [1.807, 2.05) is 24.3 Å². The van der Waals surface area contributed by atoms with E-state index in [1.165, 1.54) is 11.1 Å². The number of unbranched alkanes of at least 4 members (excludes halogenated alkanes) is 2. The van der Waals surface area contributed by atoms with E-state index in [0.29, 0.717) is 13.0 Å². The Morgan fingerprint density at radius 1 is 0.966 bits per heavy atom. The van der Waals surface area contributed by atoms with E-state index in [0.717, 1.165) is 61.4 Å². The predicted molar refractivity (Wildman–Crippen MR) is 118 cm³/mol. The number of hydrogen-bond donors (Lipinski definition) is 1. The van der Waals surface area contributed by atoms with Gasteiger partial charge in [0.25, 0.3) is 10.1 Å². The molecule has 3 rings (SSSR count). The highest BCUT2D eigenvalue weighted by atomic mass is 32.2. The van der Waals surface area contributed by atoms with Gasteiger partial charge in [-0.05, 0) is 61.4 Å². The average Bonchev–Trinajstić information content (AvgIpc) is 2.69. The molecular formula is C23H31NO4S. The second-order valence-electron chi connectivity index (χ2n) is 7.67. The first-order valence-corrected chi connectivity index (χ1v) is 12.2. The summed E-state index contributed by atoms with van der Waals surface area (Å²) in [6.45, 7) is 4.88. The molecule has 0 atom stereocenters. The highest BCUT2D eigenvalue weighted by Crippen LogP contribution is 2.49. The van der Waals surface area contributed by atoms with Gasteiger partial charge in [-0.1, -0.05) is 44.9 Å². The van der Waals surface area contributed by atoms with Gasteiger partial charge in [0.1, 0.15) is 0 Å². The van der Waals surface area contributed by atoms with E-state index in [9.17, 15) is 8.42 Å². The lowest BCUT2D eigenvalue weighted by atomic mass is 9.98. The summed E-state index contributed by atoms with van der Waals surface area (Å²) in [7, 11) is -3.98. The lowest BCUT2D eigenvalue weighted by molar-refractivity contribution is 0.464. The Balaban J connectivity index is 2.02. The minimum absolute atomic E-state index is 0.250. The van der Waals surface area contributed by atoms with Crippen LogP contribution in [0, 0.1) is 0 Å². The Labute approximate surface area is 174 Å². The van der Waals surface area contributed by atoms with Gasteiger partial charge >= 0.3 is 0 Å². The zero-order valence-corrected chi connectivity index (χ0v) is 18.2. The molecule has 0 unspecified atom stereocenters. The zero-order chi connectivity index (χ0) is 20.9. The molecule has 0 aliphatic carbocycles. The lowest BCUT2D eigenvalue weighted by Gasteiger charge is -2.34. The summed E-state index contributed by atoms with van der Waals surface area (Å²) in [5.74, 6) is 1.41. The van der Waals surface area contributed by atoms with Crippen molar-refractivity contribution in [1.29, 1.82) is 0 Å². The third-order valence-corrected chi connectivity index (χ3v) is 6.07. The fourth-order valence-electron chi connectivity index (χ4n) is 3.79. The van der Waals surface area contributed by atoms with Crippen molar-refractivity contribution in [2.45, 2.75) is 58.8 Å². The van der Waals surface area contributed by atoms with E-state index in [2.05, 4.69) is 30.9 Å². The van der Waals surface area contributed by atoms with Gasteiger partial charge in [0.2, 0.25) is 0 Å². The van der Waals surface area contributed by atoms with Crippen molar-refractivity contribution >= 4 is 21.5 Å². The number of hydrogen-bond acceptors (Lipinski definition) is 4. The molecule has 0 radical (unpaired) electrons. The summed E-state index contributed by atoms with van der Waals surface area (Å²) >= 11 is 0. The molecule has 0 saturated heterocycles. The number of anilines is 2. The fourth-order valence-corrected chi connectivity index (χ4v) is 4.28. The van der Waals surface area contributed by atoms with Gasteiger partial charge in [-0.25, -0.2) is 0 Å². The first-order valence-electron chi connectivity index (χ1n) is 10.6. The largest absolute Gasteiger partial charge is 0.453 e. The van der Waals surface area contributed by atoms with Gasteiger partial charge in [-0.15, -0.1) is 0 Å². The van der Waals surface area contributed by atoms with Crippen molar-refractivity contribution in [2.24, 2.45) is 0 Å². The van der Waals surface area contributed by atoms with E-state index < -0.39 is 10.1 Å². The minimum atomic E-state index is -3.98. The Morgan fingerprint density at radius 3 is 2.41 bits per heavy atom. The second kappa shape index (κ2) is 9.63. The number of nitrogens with zero attached hydrogens (tertiary/aromatic N) is 1. The Hall–Kier alpha value is -2.05. The molecule has 0 amide bonds. The molecule has 1 aliphatic rings. The zero-order valence-electron chi connectivity index (χ0n) is 17.4. The molecule has 2 aromatic rings. The first kappa shape index (κ1) is 21.7. The molecule has 29 heavy (non-hydrogen) atoms. The number of para-hydroxylation sites is 2. The van der Waals surface area contributed by atoms with E-state index >= 15 is 0 Å². The highest BCUT2D eigenvalue weighted by Gasteiger charge is 2.27. The Kier molecular flexibility index (Phi) is 7.19. The van der Waals surface area contributed by atoms with Gasteiger partial charge in [-0.2, -0.15) is 8.42 Å². The molecule has 2 aromatic carbocycles. The number of fused-ring (bicyclic) bond motifs is 2. The van der Waals surface area contributed by atoms with Crippen molar-refractivity contribution in [3.8, 4) is 11.5 Å². The number of ether oxygens (including phenoxy) is 1. The summed E-state index contributed by atoms with van der Waals surface area (Å²) in [6, 6.07) is 12.3. The lowest BCUT2D eigenvalue weighted by Crippen LogP contribution is -2.25. The van der Waals surface area contributed by atoms with Crippen LogP contribution in [0.1, 0.15) is 57.1 Å². The van der Waals surface area contributed by atoms with Crippen molar-refractivity contribution in [2.75, 3.05) is 17.2 Å². The highest BCUT2D eigenvalue weighted by molar-refractivity contribution is 7.85. The third-order valence-electron chi connectivity index (χ3n) is 5.27. The molecule has 1 heterocycles. The van der Waals surface area contributed by atoms with Crippen LogP contribution < -0.4 is 9.64 Å². The van der Waals surface area contributed by atoms with Crippen LogP contribution in [0.2, 0.25) is 0 Å². The maximum absolute atomic E-state index is 11.2. The van der Waals surface area contributed by atoms with Crippen molar-refractivity contribution in [1.82, 2.24) is 0 Å². The van der Waals surface area contributed by atoms with Crippen LogP contribution in [0.25, 0.3) is 0 Å². The summed E-state index contributed by atoms with van der Waals surface area (Å²) < 4.78 is 37.9. The second-order valence-corrected chi connectivity index (χ2v) is 9.24. The minimum Gasteiger partial charge on any atom is -0.453 e. The summed E-state index contributed by atoms with van der Waals surface area (Å²) in [4.78, 5) is 2.14. The van der Waals surface area contributed by atoms with Gasteiger partial charge in [0.15, 0.2) is 11.5 Å². The van der Waals surface area contributed by atoms with Crippen LogP contribution in [0.5, 0.6) is 11.5 Å². The SMILES string of the molecule is CCCCc1cc(CCCC)c2c(c1)N(CCCS(=O)(=O)O)c1ccccc1O2. The Bertz CT molecular complexity index is 940. The number of rotatable bonds is 10. The normalized spacial score (nSPS) is 13.0. The number of aryl methyl sites for hydroxylation is 2. The molecule has 0 fully saturated rings. The van der Waals surface area contributed by atoms with Crippen LogP contribution in [-0.4, -0.2) is 25.3 Å². The van der Waals surface area contributed by atoms with E-state index in [1.54, 1.807) is 0 Å². The topological polar surface area (TPSA) is 66.8 Å². The maximum Gasteiger partial charge on any atom is 0.264 e. The third kappa shape index (κ3) is 5.52. The molecule has 158 valence electrons. The molecule has 1 aliphatic heterocycles. The van der Waals surface area contributed by atoms with Gasteiger partial charge < -0.3 is 9.64 Å². The first-order chi connectivity index (χ1) is 13.9. The molecule has 6 heteroatoms. The molecule has 0 bridgehead atoms. The van der Waals surface area contributed by atoms with Crippen LogP contribution >= 0.6 is 0 Å². The predicted octanol–water partition coefficient (Wildman–Crippen LogP) is 5.89. The van der Waals surface area contributed by atoms with Gasteiger partial charge in [-0.3, -0.25) is 4.55 Å². The van der Waals surface area contributed by atoms with Crippen molar-refractivity contribution in [3.63, 3.8) is 0 Å². The molecule has 0 aromatic heterocycles. The molecular weight excluding hydrogens is 386 g/mol. The van der Waals surface area contributed by atoms with Crippen molar-refractivity contribution in [3.05, 3.63) is 47.5 Å². The Morgan fingerprint density at radius 2 is 1.69 bits per heavy atom. The van der Waals surface area contributed by atoms with Crippen LogP contribution in [0.4, 0.5) is 11.4 Å². The monoisotopic (exact) mass is 417 g/mol. The summed E-state index contributed by atoms with van der Waals surface area (Å²) in [6.07, 6.45) is 6.80. The smallest absolute Gasteiger partial charge is 0.264 e. The van der Waals surface area contributed by atoms with Gasteiger partial charge in [0, 0.05) is 6.54 Å². The number of benzene rings is 2. The molecule has 0 saturated carbocycles. The quantitative estimate of drug-likeness (QED) is 0.488. The van der Waals surface area contributed by atoms with E-state index in [-0.39, 0.29) is 5.75 Å². The molecule has 0 spiro atoms. The van der Waals surface area contributed by atoms with Crippen LogP contribution in [0.15, 0.2) is 36.4 Å².